The van der Waals surface area contributed by atoms with Gasteiger partial charge in [-0.05, 0) is 37.5 Å². The van der Waals surface area contributed by atoms with Gasteiger partial charge in [0.05, 0.1) is 6.07 Å². The first-order valence-corrected chi connectivity index (χ1v) is 7.77. The molecule has 0 saturated heterocycles. The Labute approximate surface area is 117 Å². The summed E-state index contributed by atoms with van der Waals surface area (Å²) in [7, 11) is 0. The van der Waals surface area contributed by atoms with Crippen molar-refractivity contribution in [2.24, 2.45) is 17.3 Å². The molecule has 0 bridgehead atoms. The van der Waals surface area contributed by atoms with Gasteiger partial charge in [0.1, 0.15) is 5.41 Å². The van der Waals surface area contributed by atoms with Crippen molar-refractivity contribution < 1.29 is 4.79 Å². The van der Waals surface area contributed by atoms with Crippen LogP contribution in [-0.2, 0) is 4.79 Å². The summed E-state index contributed by atoms with van der Waals surface area (Å²) in [6.45, 7) is 6.86. The summed E-state index contributed by atoms with van der Waals surface area (Å²) in [4.78, 5) is 12.1. The molecule has 3 heteroatoms. The van der Waals surface area contributed by atoms with E-state index >= 15 is 0 Å². The first-order chi connectivity index (χ1) is 9.07. The first-order valence-electron chi connectivity index (χ1n) is 7.77. The minimum absolute atomic E-state index is 0.0798. The van der Waals surface area contributed by atoms with Crippen molar-refractivity contribution in [3.63, 3.8) is 0 Å². The lowest BCUT2D eigenvalue weighted by Gasteiger charge is -2.27. The van der Waals surface area contributed by atoms with E-state index in [0.717, 1.165) is 24.8 Å². The molecule has 19 heavy (non-hydrogen) atoms. The van der Waals surface area contributed by atoms with Crippen LogP contribution in [0.2, 0.25) is 0 Å². The van der Waals surface area contributed by atoms with Crippen molar-refractivity contribution in [1.82, 2.24) is 5.32 Å². The second-order valence-corrected chi connectivity index (χ2v) is 6.08. The highest BCUT2D eigenvalue weighted by molar-refractivity contribution is 5.85. The molecule has 0 heterocycles. The molecule has 0 aliphatic heterocycles. The summed E-state index contributed by atoms with van der Waals surface area (Å²) in [6, 6.07) is 2.20. The number of nitrogens with zero attached hydrogens (tertiary/aromatic N) is 1. The third-order valence-electron chi connectivity index (χ3n) is 4.74. The smallest absolute Gasteiger partial charge is 0.240 e. The standard InChI is InChI=1S/C16H28N2O/c1-4-16(5-2,12-17)15(19)18-10-9-14-8-6-7-13(3)11-14/h13-14H,4-11H2,1-3H3,(H,18,19). The Morgan fingerprint density at radius 3 is 2.58 bits per heavy atom. The van der Waals surface area contributed by atoms with E-state index < -0.39 is 5.41 Å². The molecule has 1 amide bonds. The van der Waals surface area contributed by atoms with Gasteiger partial charge in [0.2, 0.25) is 5.91 Å². The number of hydrogen-bond donors (Lipinski definition) is 1. The molecule has 1 N–H and O–H groups in total. The zero-order chi connectivity index (χ0) is 14.3. The highest BCUT2D eigenvalue weighted by atomic mass is 16.2. The molecule has 1 aliphatic rings. The van der Waals surface area contributed by atoms with Crippen LogP contribution in [0.1, 0.15) is 65.7 Å². The molecular formula is C16H28N2O. The van der Waals surface area contributed by atoms with Gasteiger partial charge >= 0.3 is 0 Å². The maximum Gasteiger partial charge on any atom is 0.240 e. The van der Waals surface area contributed by atoms with Gasteiger partial charge in [-0.3, -0.25) is 4.79 Å². The summed E-state index contributed by atoms with van der Waals surface area (Å²) in [5.74, 6) is 1.51. The third-order valence-corrected chi connectivity index (χ3v) is 4.74. The Hall–Kier alpha value is -1.04. The number of carbonyl (C=O) groups excluding carboxylic acids is 1. The van der Waals surface area contributed by atoms with E-state index in [1.54, 1.807) is 0 Å². The molecule has 1 aliphatic carbocycles. The van der Waals surface area contributed by atoms with Crippen molar-refractivity contribution in [1.29, 1.82) is 5.26 Å². The minimum Gasteiger partial charge on any atom is -0.355 e. The Bertz CT molecular complexity index is 328. The lowest BCUT2D eigenvalue weighted by atomic mass is 9.80. The molecule has 1 rings (SSSR count). The molecule has 0 aromatic rings. The van der Waals surface area contributed by atoms with Gasteiger partial charge in [0, 0.05) is 6.54 Å². The Balaban J connectivity index is 2.36. The Morgan fingerprint density at radius 1 is 1.37 bits per heavy atom. The lowest BCUT2D eigenvalue weighted by molar-refractivity contribution is -0.128. The Kier molecular flexibility index (Phi) is 6.34. The zero-order valence-corrected chi connectivity index (χ0v) is 12.7. The van der Waals surface area contributed by atoms with Crippen molar-refractivity contribution in [3.8, 4) is 6.07 Å². The second kappa shape index (κ2) is 7.53. The van der Waals surface area contributed by atoms with Crippen molar-refractivity contribution in [2.45, 2.75) is 65.7 Å². The van der Waals surface area contributed by atoms with Gasteiger partial charge in [-0.25, -0.2) is 0 Å². The van der Waals surface area contributed by atoms with Gasteiger partial charge in [-0.2, -0.15) is 5.26 Å². The highest BCUT2D eigenvalue weighted by Gasteiger charge is 2.34. The zero-order valence-electron chi connectivity index (χ0n) is 12.7. The SMILES string of the molecule is CCC(C#N)(CC)C(=O)NCCC1CCCC(C)C1. The van der Waals surface area contributed by atoms with E-state index in [9.17, 15) is 10.1 Å². The molecule has 1 saturated carbocycles. The van der Waals surface area contributed by atoms with Crippen molar-refractivity contribution >= 4 is 5.91 Å². The number of rotatable bonds is 6. The van der Waals surface area contributed by atoms with Crippen LogP contribution in [0.5, 0.6) is 0 Å². The van der Waals surface area contributed by atoms with Crippen LogP contribution in [0.4, 0.5) is 0 Å². The quantitative estimate of drug-likeness (QED) is 0.796. The maximum atomic E-state index is 12.1. The van der Waals surface area contributed by atoms with Gasteiger partial charge in [-0.15, -0.1) is 0 Å². The topological polar surface area (TPSA) is 52.9 Å². The maximum absolute atomic E-state index is 12.1. The predicted molar refractivity (Wildman–Crippen MR) is 77.4 cm³/mol. The molecule has 2 unspecified atom stereocenters. The van der Waals surface area contributed by atoms with Gasteiger partial charge in [-0.1, -0.05) is 40.0 Å². The largest absolute Gasteiger partial charge is 0.355 e. The van der Waals surface area contributed by atoms with E-state index in [2.05, 4.69) is 18.3 Å². The summed E-state index contributed by atoms with van der Waals surface area (Å²) < 4.78 is 0. The van der Waals surface area contributed by atoms with E-state index in [1.165, 1.54) is 25.7 Å². The van der Waals surface area contributed by atoms with E-state index in [1.807, 2.05) is 13.8 Å². The van der Waals surface area contributed by atoms with Crippen LogP contribution >= 0.6 is 0 Å². The normalized spacial score (nSPS) is 23.7. The average molecular weight is 264 g/mol. The molecule has 0 radical (unpaired) electrons. The third kappa shape index (κ3) is 4.23. The van der Waals surface area contributed by atoms with Crippen molar-refractivity contribution in [3.05, 3.63) is 0 Å². The summed E-state index contributed by atoms with van der Waals surface area (Å²) in [5, 5.41) is 12.2. The van der Waals surface area contributed by atoms with Crippen LogP contribution < -0.4 is 5.32 Å². The summed E-state index contributed by atoms with van der Waals surface area (Å²) >= 11 is 0. The number of hydrogen-bond acceptors (Lipinski definition) is 2. The monoisotopic (exact) mass is 264 g/mol. The molecule has 2 atom stereocenters. The van der Waals surface area contributed by atoms with Crippen LogP contribution in [0, 0.1) is 28.6 Å². The van der Waals surface area contributed by atoms with Crippen LogP contribution in [-0.4, -0.2) is 12.5 Å². The predicted octanol–water partition coefficient (Wildman–Crippen LogP) is 3.65. The fourth-order valence-corrected chi connectivity index (χ4v) is 3.16. The molecule has 108 valence electrons. The fraction of sp³-hybridized carbons (Fsp3) is 0.875. The summed E-state index contributed by atoms with van der Waals surface area (Å²) in [5.41, 5.74) is -0.820. The molecule has 0 aromatic carbocycles. The Morgan fingerprint density at radius 2 is 2.05 bits per heavy atom. The number of nitriles is 1. The second-order valence-electron chi connectivity index (χ2n) is 6.08. The fourth-order valence-electron chi connectivity index (χ4n) is 3.16. The number of nitrogens with one attached hydrogen (secondary N) is 1. The number of amides is 1. The van der Waals surface area contributed by atoms with E-state index in [-0.39, 0.29) is 5.91 Å². The van der Waals surface area contributed by atoms with E-state index in [4.69, 9.17) is 0 Å². The van der Waals surface area contributed by atoms with Crippen LogP contribution in [0.15, 0.2) is 0 Å². The van der Waals surface area contributed by atoms with Gasteiger partial charge < -0.3 is 5.32 Å². The number of carbonyl (C=O) groups is 1. The average Bonchev–Trinajstić information content (AvgIpc) is 2.41. The molecule has 1 fully saturated rings. The lowest BCUT2D eigenvalue weighted by Crippen LogP contribution is -2.40. The van der Waals surface area contributed by atoms with Gasteiger partial charge in [0.15, 0.2) is 0 Å². The molecule has 0 spiro atoms. The van der Waals surface area contributed by atoms with Crippen LogP contribution in [0.3, 0.4) is 0 Å². The molecular weight excluding hydrogens is 236 g/mol. The molecule has 0 aromatic heterocycles. The first kappa shape index (κ1) is 16.0. The van der Waals surface area contributed by atoms with Gasteiger partial charge in [0.25, 0.3) is 0 Å². The van der Waals surface area contributed by atoms with Crippen LogP contribution in [0.25, 0.3) is 0 Å². The highest BCUT2D eigenvalue weighted by Crippen LogP contribution is 2.30. The van der Waals surface area contributed by atoms with E-state index in [0.29, 0.717) is 12.8 Å². The summed E-state index contributed by atoms with van der Waals surface area (Å²) in [6.07, 6.45) is 7.51. The minimum atomic E-state index is -0.820. The van der Waals surface area contributed by atoms with Crippen molar-refractivity contribution in [2.75, 3.05) is 6.54 Å². The molecule has 3 nitrogen and oxygen atoms in total.